The summed E-state index contributed by atoms with van der Waals surface area (Å²) in [4.78, 5) is 0. The fourth-order valence-electron chi connectivity index (χ4n) is 5.45. The lowest BCUT2D eigenvalue weighted by atomic mass is 9.51. The second-order valence-electron chi connectivity index (χ2n) is 7.32. The average molecular weight is 275 g/mol. The maximum atomic E-state index is 9.37. The van der Waals surface area contributed by atoms with Gasteiger partial charge in [-0.05, 0) is 61.8 Å². The Morgan fingerprint density at radius 2 is 1.85 bits per heavy atom. The summed E-state index contributed by atoms with van der Waals surface area (Å²) >= 11 is 0. The predicted octanol–water partition coefficient (Wildman–Crippen LogP) is 1.98. The normalized spacial score (nSPS) is 40.2. The third-order valence-electron chi connectivity index (χ3n) is 6.13. The molecule has 1 atom stereocenters. The van der Waals surface area contributed by atoms with Gasteiger partial charge in [-0.2, -0.15) is 5.10 Å². The van der Waals surface area contributed by atoms with Crippen molar-refractivity contribution in [3.63, 3.8) is 0 Å². The molecule has 5 rings (SSSR count). The zero-order chi connectivity index (χ0) is 13.7. The quantitative estimate of drug-likeness (QED) is 0.786. The third-order valence-corrected chi connectivity index (χ3v) is 6.13. The first-order chi connectivity index (χ1) is 9.78. The molecule has 1 heterocycles. The largest absolute Gasteiger partial charge is 0.396 e. The van der Waals surface area contributed by atoms with E-state index in [1.807, 2.05) is 0 Å². The number of nitrogens with zero attached hydrogens (tertiary/aromatic N) is 1. The highest BCUT2D eigenvalue weighted by Gasteiger charge is 2.49. The molecule has 4 nitrogen and oxygen atoms in total. The lowest BCUT2D eigenvalue weighted by molar-refractivity contribution is -0.00417. The molecule has 0 aliphatic heterocycles. The molecule has 4 N–H and O–H groups in total. The Balaban J connectivity index is 1.59. The van der Waals surface area contributed by atoms with E-state index < -0.39 is 0 Å². The number of rotatable bonds is 4. The zero-order valence-corrected chi connectivity index (χ0v) is 12.0. The van der Waals surface area contributed by atoms with Gasteiger partial charge in [0.05, 0.1) is 12.3 Å². The summed E-state index contributed by atoms with van der Waals surface area (Å²) in [5.41, 5.74) is 7.95. The molecule has 20 heavy (non-hydrogen) atoms. The Labute approximate surface area is 120 Å². The van der Waals surface area contributed by atoms with Crippen LogP contribution < -0.4 is 5.73 Å². The first-order valence-electron chi connectivity index (χ1n) is 8.14. The van der Waals surface area contributed by atoms with Crippen LogP contribution in [0.4, 0.5) is 0 Å². The van der Waals surface area contributed by atoms with Gasteiger partial charge in [-0.3, -0.25) is 5.10 Å². The number of nitrogens with two attached hydrogens (primary N) is 1. The molecule has 4 aliphatic rings. The highest BCUT2D eigenvalue weighted by molar-refractivity contribution is 5.21. The SMILES string of the molecule is NCC(CO)c1cc(C2C3CC4CC(C3)CC2C4)[nH]n1. The van der Waals surface area contributed by atoms with Crippen LogP contribution in [0.25, 0.3) is 0 Å². The van der Waals surface area contributed by atoms with E-state index in [-0.39, 0.29) is 12.5 Å². The fraction of sp³-hybridized carbons (Fsp3) is 0.812. The van der Waals surface area contributed by atoms with Gasteiger partial charge in [0.25, 0.3) is 0 Å². The van der Waals surface area contributed by atoms with Gasteiger partial charge in [-0.1, -0.05) is 0 Å². The van der Waals surface area contributed by atoms with Gasteiger partial charge >= 0.3 is 0 Å². The summed E-state index contributed by atoms with van der Waals surface area (Å²) in [6.07, 6.45) is 7.19. The summed E-state index contributed by atoms with van der Waals surface area (Å²) in [5.74, 6) is 4.41. The van der Waals surface area contributed by atoms with E-state index in [9.17, 15) is 5.11 Å². The Morgan fingerprint density at radius 3 is 2.40 bits per heavy atom. The number of hydrogen-bond acceptors (Lipinski definition) is 3. The van der Waals surface area contributed by atoms with E-state index in [0.717, 1.165) is 29.4 Å². The molecule has 0 radical (unpaired) electrons. The molecule has 4 fully saturated rings. The number of aromatic nitrogens is 2. The van der Waals surface area contributed by atoms with Gasteiger partial charge in [0.1, 0.15) is 0 Å². The van der Waals surface area contributed by atoms with Crippen LogP contribution in [0.3, 0.4) is 0 Å². The fourth-order valence-corrected chi connectivity index (χ4v) is 5.45. The molecule has 110 valence electrons. The second-order valence-corrected chi connectivity index (χ2v) is 7.32. The lowest BCUT2D eigenvalue weighted by Crippen LogP contribution is -2.43. The van der Waals surface area contributed by atoms with Crippen molar-refractivity contribution < 1.29 is 5.11 Å². The summed E-state index contributed by atoms with van der Waals surface area (Å²) < 4.78 is 0. The molecule has 0 spiro atoms. The van der Waals surface area contributed by atoms with E-state index in [0.29, 0.717) is 12.5 Å². The van der Waals surface area contributed by atoms with Crippen molar-refractivity contribution in [2.24, 2.45) is 29.4 Å². The molecular formula is C16H25N3O. The molecule has 0 saturated heterocycles. The highest BCUT2D eigenvalue weighted by Crippen LogP contribution is 2.59. The molecule has 0 amide bonds. The highest BCUT2D eigenvalue weighted by atomic mass is 16.3. The smallest absolute Gasteiger partial charge is 0.0691 e. The molecule has 4 bridgehead atoms. The first-order valence-corrected chi connectivity index (χ1v) is 8.14. The van der Waals surface area contributed by atoms with Crippen LogP contribution in [0.1, 0.15) is 55.3 Å². The Hall–Kier alpha value is -0.870. The Kier molecular flexibility index (Phi) is 3.11. The second kappa shape index (κ2) is 4.85. The van der Waals surface area contributed by atoms with Crippen LogP contribution in [0, 0.1) is 23.7 Å². The van der Waals surface area contributed by atoms with E-state index in [1.54, 1.807) is 0 Å². The molecule has 1 aromatic heterocycles. The van der Waals surface area contributed by atoms with Crippen LogP contribution in [-0.4, -0.2) is 28.5 Å². The van der Waals surface area contributed by atoms with Gasteiger partial charge < -0.3 is 10.8 Å². The number of aromatic amines is 1. The standard InChI is InChI=1S/C16H25N3O/c17-7-13(8-20)14-6-15(19-18-14)16-11-2-9-1-10(4-11)5-12(16)3-9/h6,9-13,16,20H,1-5,7-8,17H2,(H,18,19). The lowest BCUT2D eigenvalue weighted by Gasteiger charge is -2.54. The van der Waals surface area contributed by atoms with E-state index in [2.05, 4.69) is 16.3 Å². The number of aliphatic hydroxyl groups excluding tert-OH is 1. The Morgan fingerprint density at radius 1 is 1.20 bits per heavy atom. The van der Waals surface area contributed by atoms with E-state index in [4.69, 9.17) is 5.73 Å². The van der Waals surface area contributed by atoms with Crippen molar-refractivity contribution in [3.05, 3.63) is 17.5 Å². The zero-order valence-electron chi connectivity index (χ0n) is 12.0. The van der Waals surface area contributed by atoms with Crippen molar-refractivity contribution in [1.29, 1.82) is 0 Å². The van der Waals surface area contributed by atoms with Crippen LogP contribution in [0.5, 0.6) is 0 Å². The number of hydrogen-bond donors (Lipinski definition) is 3. The maximum absolute atomic E-state index is 9.37. The van der Waals surface area contributed by atoms with E-state index in [1.165, 1.54) is 37.8 Å². The van der Waals surface area contributed by atoms with Gasteiger partial charge in [-0.15, -0.1) is 0 Å². The molecule has 4 saturated carbocycles. The van der Waals surface area contributed by atoms with Gasteiger partial charge in [-0.25, -0.2) is 0 Å². The van der Waals surface area contributed by atoms with Gasteiger partial charge in [0.15, 0.2) is 0 Å². The van der Waals surface area contributed by atoms with Crippen molar-refractivity contribution in [1.82, 2.24) is 10.2 Å². The molecule has 1 aromatic rings. The minimum Gasteiger partial charge on any atom is -0.396 e. The molecule has 4 heteroatoms. The first kappa shape index (κ1) is 12.8. The van der Waals surface area contributed by atoms with Gasteiger partial charge in [0.2, 0.25) is 0 Å². The van der Waals surface area contributed by atoms with Crippen molar-refractivity contribution in [2.45, 2.75) is 43.9 Å². The molecule has 4 aliphatic carbocycles. The summed E-state index contributed by atoms with van der Waals surface area (Å²) in [7, 11) is 0. The van der Waals surface area contributed by atoms with E-state index >= 15 is 0 Å². The topological polar surface area (TPSA) is 74.9 Å². The van der Waals surface area contributed by atoms with Crippen molar-refractivity contribution >= 4 is 0 Å². The molecule has 1 unspecified atom stereocenters. The minimum atomic E-state index is -0.0168. The molecular weight excluding hydrogens is 250 g/mol. The van der Waals surface area contributed by atoms with Gasteiger partial charge in [0, 0.05) is 24.1 Å². The monoisotopic (exact) mass is 275 g/mol. The van der Waals surface area contributed by atoms with Crippen LogP contribution in [-0.2, 0) is 0 Å². The Bertz CT molecular complexity index is 452. The average Bonchev–Trinajstić information content (AvgIpc) is 2.88. The van der Waals surface area contributed by atoms with Crippen LogP contribution >= 0.6 is 0 Å². The van der Waals surface area contributed by atoms with Crippen LogP contribution in [0.15, 0.2) is 6.07 Å². The summed E-state index contributed by atoms with van der Waals surface area (Å²) in [6.45, 7) is 0.547. The molecule has 0 aromatic carbocycles. The summed E-state index contributed by atoms with van der Waals surface area (Å²) in [5, 5.41) is 17.1. The van der Waals surface area contributed by atoms with Crippen molar-refractivity contribution in [2.75, 3.05) is 13.2 Å². The predicted molar refractivity (Wildman–Crippen MR) is 77.3 cm³/mol. The van der Waals surface area contributed by atoms with Crippen LogP contribution in [0.2, 0.25) is 0 Å². The summed E-state index contributed by atoms with van der Waals surface area (Å²) in [6, 6.07) is 2.18. The van der Waals surface area contributed by atoms with Crippen molar-refractivity contribution in [3.8, 4) is 0 Å². The maximum Gasteiger partial charge on any atom is 0.0691 e. The number of aliphatic hydroxyl groups is 1. The number of H-pyrrole nitrogens is 1. The third kappa shape index (κ3) is 1.92. The minimum absolute atomic E-state index is 0.0168. The number of nitrogens with one attached hydrogen (secondary N) is 1.